The number of hydrogen-bond acceptors (Lipinski definition) is 3. The summed E-state index contributed by atoms with van der Waals surface area (Å²) >= 11 is 0. The van der Waals surface area contributed by atoms with Crippen molar-refractivity contribution in [2.75, 3.05) is 13.2 Å². The van der Waals surface area contributed by atoms with Gasteiger partial charge in [-0.2, -0.15) is 0 Å². The molecule has 5 heteroatoms. The maximum absolute atomic E-state index is 13.8. The molecule has 0 saturated heterocycles. The van der Waals surface area contributed by atoms with E-state index in [1.54, 1.807) is 13.8 Å². The van der Waals surface area contributed by atoms with Crippen molar-refractivity contribution in [1.29, 1.82) is 0 Å². The lowest BCUT2D eigenvalue weighted by atomic mass is 9.95. The predicted octanol–water partition coefficient (Wildman–Crippen LogP) is 2.06. The van der Waals surface area contributed by atoms with Crippen molar-refractivity contribution in [3.05, 3.63) is 34.9 Å². The maximum atomic E-state index is 13.8. The SMILES string of the molecule is CCC(CO)(CO)NC(C)c1cc(F)c(C)cc1F. The van der Waals surface area contributed by atoms with E-state index in [1.807, 2.05) is 0 Å². The van der Waals surface area contributed by atoms with Gasteiger partial charge in [0.05, 0.1) is 18.8 Å². The van der Waals surface area contributed by atoms with Gasteiger partial charge in [-0.15, -0.1) is 0 Å². The van der Waals surface area contributed by atoms with Gasteiger partial charge in [-0.1, -0.05) is 6.92 Å². The molecular weight excluding hydrogens is 252 g/mol. The number of hydrogen-bond donors (Lipinski definition) is 3. The van der Waals surface area contributed by atoms with Crippen LogP contribution in [0.1, 0.15) is 37.4 Å². The Labute approximate surface area is 112 Å². The Morgan fingerprint density at radius 2 is 1.79 bits per heavy atom. The van der Waals surface area contributed by atoms with Crippen molar-refractivity contribution < 1.29 is 19.0 Å². The zero-order chi connectivity index (χ0) is 14.6. The van der Waals surface area contributed by atoms with E-state index < -0.39 is 23.2 Å². The number of halogens is 2. The normalized spacial score (nSPS) is 13.6. The number of aryl methyl sites for hydroxylation is 1. The highest BCUT2D eigenvalue weighted by Gasteiger charge is 2.29. The lowest BCUT2D eigenvalue weighted by Crippen LogP contribution is -2.52. The van der Waals surface area contributed by atoms with Crippen LogP contribution in [0.25, 0.3) is 0 Å². The molecule has 0 bridgehead atoms. The van der Waals surface area contributed by atoms with E-state index in [1.165, 1.54) is 6.92 Å². The van der Waals surface area contributed by atoms with Crippen molar-refractivity contribution in [3.63, 3.8) is 0 Å². The van der Waals surface area contributed by atoms with E-state index in [4.69, 9.17) is 0 Å². The Hall–Kier alpha value is -1.04. The summed E-state index contributed by atoms with van der Waals surface area (Å²) in [5, 5.41) is 21.7. The molecular formula is C14H21F2NO2. The molecule has 0 saturated carbocycles. The minimum Gasteiger partial charge on any atom is -0.394 e. The standard InChI is InChI=1S/C14H21F2NO2/c1-4-14(7-18,8-19)17-10(3)11-6-12(15)9(2)5-13(11)16/h5-6,10,17-19H,4,7-8H2,1-3H3. The van der Waals surface area contributed by atoms with Crippen LogP contribution in [-0.4, -0.2) is 29.0 Å². The average molecular weight is 273 g/mol. The highest BCUT2D eigenvalue weighted by atomic mass is 19.1. The quantitative estimate of drug-likeness (QED) is 0.743. The molecule has 3 nitrogen and oxygen atoms in total. The van der Waals surface area contributed by atoms with Gasteiger partial charge < -0.3 is 15.5 Å². The fourth-order valence-corrected chi connectivity index (χ4v) is 2.00. The second-order valence-corrected chi connectivity index (χ2v) is 4.94. The zero-order valence-electron chi connectivity index (χ0n) is 11.5. The van der Waals surface area contributed by atoms with Gasteiger partial charge >= 0.3 is 0 Å². The van der Waals surface area contributed by atoms with Crippen molar-refractivity contribution >= 4 is 0 Å². The fraction of sp³-hybridized carbons (Fsp3) is 0.571. The topological polar surface area (TPSA) is 52.5 Å². The van der Waals surface area contributed by atoms with Crippen molar-refractivity contribution in [2.24, 2.45) is 0 Å². The van der Waals surface area contributed by atoms with Gasteiger partial charge in [-0.25, -0.2) is 8.78 Å². The van der Waals surface area contributed by atoms with Gasteiger partial charge in [-0.05, 0) is 38.0 Å². The molecule has 19 heavy (non-hydrogen) atoms. The predicted molar refractivity (Wildman–Crippen MR) is 69.8 cm³/mol. The monoisotopic (exact) mass is 273 g/mol. The molecule has 0 heterocycles. The second-order valence-electron chi connectivity index (χ2n) is 4.94. The molecule has 1 aromatic carbocycles. The van der Waals surface area contributed by atoms with Crippen molar-refractivity contribution in [1.82, 2.24) is 5.32 Å². The average Bonchev–Trinajstić information content (AvgIpc) is 2.40. The number of benzene rings is 1. The molecule has 1 aromatic rings. The van der Waals surface area contributed by atoms with Crippen LogP contribution in [0.2, 0.25) is 0 Å². The largest absolute Gasteiger partial charge is 0.394 e. The lowest BCUT2D eigenvalue weighted by molar-refractivity contribution is 0.0788. The van der Waals surface area contributed by atoms with Crippen LogP contribution in [-0.2, 0) is 0 Å². The first kappa shape index (κ1) is 16.0. The molecule has 1 atom stereocenters. The molecule has 0 aliphatic rings. The Morgan fingerprint density at radius 3 is 2.26 bits per heavy atom. The first-order valence-electron chi connectivity index (χ1n) is 6.34. The molecule has 1 unspecified atom stereocenters. The van der Waals surface area contributed by atoms with Crippen LogP contribution in [0.5, 0.6) is 0 Å². The summed E-state index contributed by atoms with van der Waals surface area (Å²) in [4.78, 5) is 0. The lowest BCUT2D eigenvalue weighted by Gasteiger charge is -2.33. The summed E-state index contributed by atoms with van der Waals surface area (Å²) < 4.78 is 27.3. The van der Waals surface area contributed by atoms with Crippen LogP contribution in [0.3, 0.4) is 0 Å². The third kappa shape index (κ3) is 3.49. The van der Waals surface area contributed by atoms with E-state index in [0.717, 1.165) is 12.1 Å². The third-order valence-electron chi connectivity index (χ3n) is 3.55. The highest BCUT2D eigenvalue weighted by molar-refractivity contribution is 5.27. The van der Waals surface area contributed by atoms with E-state index in [2.05, 4.69) is 5.32 Å². The Kier molecular flexibility index (Phi) is 5.40. The molecule has 1 rings (SSSR count). The molecule has 0 aliphatic heterocycles. The molecule has 0 spiro atoms. The molecule has 0 aromatic heterocycles. The molecule has 0 aliphatic carbocycles. The number of rotatable bonds is 6. The van der Waals surface area contributed by atoms with Crippen molar-refractivity contribution in [3.8, 4) is 0 Å². The van der Waals surface area contributed by atoms with Gasteiger partial charge in [0.25, 0.3) is 0 Å². The smallest absolute Gasteiger partial charge is 0.128 e. The van der Waals surface area contributed by atoms with Crippen LogP contribution < -0.4 is 5.32 Å². The summed E-state index contributed by atoms with van der Waals surface area (Å²) in [5.74, 6) is -0.972. The fourth-order valence-electron chi connectivity index (χ4n) is 2.00. The molecule has 0 amide bonds. The van der Waals surface area contributed by atoms with E-state index in [0.29, 0.717) is 6.42 Å². The first-order valence-corrected chi connectivity index (χ1v) is 6.34. The second kappa shape index (κ2) is 6.41. The van der Waals surface area contributed by atoms with Gasteiger partial charge in [-0.3, -0.25) is 0 Å². The zero-order valence-corrected chi connectivity index (χ0v) is 11.5. The van der Waals surface area contributed by atoms with E-state index in [-0.39, 0.29) is 24.3 Å². The van der Waals surface area contributed by atoms with Crippen LogP contribution in [0.15, 0.2) is 12.1 Å². The summed E-state index contributed by atoms with van der Waals surface area (Å²) in [7, 11) is 0. The number of aliphatic hydroxyl groups excluding tert-OH is 2. The summed E-state index contributed by atoms with van der Waals surface area (Å²) in [5.41, 5.74) is -0.463. The minimum atomic E-state index is -0.896. The molecule has 0 radical (unpaired) electrons. The summed E-state index contributed by atoms with van der Waals surface area (Å²) in [6, 6.07) is 1.78. The van der Waals surface area contributed by atoms with E-state index in [9.17, 15) is 19.0 Å². The van der Waals surface area contributed by atoms with Crippen LogP contribution in [0, 0.1) is 18.6 Å². The van der Waals surface area contributed by atoms with Gasteiger partial charge in [0.15, 0.2) is 0 Å². The molecule has 108 valence electrons. The highest BCUT2D eigenvalue weighted by Crippen LogP contribution is 2.23. The third-order valence-corrected chi connectivity index (χ3v) is 3.55. The van der Waals surface area contributed by atoms with E-state index >= 15 is 0 Å². The summed E-state index contributed by atoms with van der Waals surface area (Å²) in [6.07, 6.45) is 0.473. The maximum Gasteiger partial charge on any atom is 0.128 e. The molecule has 3 N–H and O–H groups in total. The Bertz CT molecular complexity index is 425. The number of nitrogens with one attached hydrogen (secondary N) is 1. The van der Waals surface area contributed by atoms with Gasteiger partial charge in [0.1, 0.15) is 11.6 Å². The minimum absolute atomic E-state index is 0.183. The first-order chi connectivity index (χ1) is 8.89. The van der Waals surface area contributed by atoms with Gasteiger partial charge in [0, 0.05) is 11.6 Å². The van der Waals surface area contributed by atoms with Crippen LogP contribution in [0.4, 0.5) is 8.78 Å². The Morgan fingerprint density at radius 1 is 1.21 bits per heavy atom. The molecule has 0 fully saturated rings. The summed E-state index contributed by atoms with van der Waals surface area (Å²) in [6.45, 7) is 4.42. The van der Waals surface area contributed by atoms with Crippen molar-refractivity contribution in [2.45, 2.75) is 38.8 Å². The van der Waals surface area contributed by atoms with Crippen LogP contribution >= 0.6 is 0 Å². The van der Waals surface area contributed by atoms with Gasteiger partial charge in [0.2, 0.25) is 0 Å². The Balaban J connectivity index is 3.01. The number of aliphatic hydroxyl groups is 2.